The number of hydrogen-bond acceptors (Lipinski definition) is 1. The molecule has 0 bridgehead atoms. The van der Waals surface area contributed by atoms with Gasteiger partial charge in [-0.3, -0.25) is 0 Å². The molecule has 1 heterocycles. The van der Waals surface area contributed by atoms with Crippen LogP contribution in [0, 0.1) is 0 Å². The lowest BCUT2D eigenvalue weighted by Crippen LogP contribution is -2.17. The first kappa shape index (κ1) is 38.5. The molecule has 1 aliphatic carbocycles. The van der Waals surface area contributed by atoms with Crippen LogP contribution >= 0.6 is 0 Å². The average molecular weight is 831 g/mol. The number of benzene rings is 10. The molecule has 308 valence electrons. The summed E-state index contributed by atoms with van der Waals surface area (Å²) >= 11 is 0. The van der Waals surface area contributed by atoms with Gasteiger partial charge in [-0.1, -0.05) is 196 Å². The molecule has 2 nitrogen and oxygen atoms in total. The fraction of sp³-hybridized carbons (Fsp3) is 0.0476. The number of aromatic nitrogens is 1. The van der Waals surface area contributed by atoms with Gasteiger partial charge in [0.15, 0.2) is 0 Å². The number of nitrogens with zero attached hydrogens (tertiary/aromatic N) is 2. The Labute approximate surface area is 381 Å². The zero-order valence-electron chi connectivity index (χ0n) is 36.5. The molecule has 0 N–H and O–H groups in total. The number of para-hydroxylation sites is 2. The van der Waals surface area contributed by atoms with E-state index < -0.39 is 0 Å². The Bertz CT molecular complexity index is 3560. The summed E-state index contributed by atoms with van der Waals surface area (Å²) in [6.07, 6.45) is 0. The van der Waals surface area contributed by atoms with E-state index in [9.17, 15) is 0 Å². The van der Waals surface area contributed by atoms with Gasteiger partial charge in [0.2, 0.25) is 0 Å². The molecule has 0 radical (unpaired) electrons. The normalized spacial score (nSPS) is 12.6. The van der Waals surface area contributed by atoms with Crippen molar-refractivity contribution in [3.8, 4) is 61.3 Å². The van der Waals surface area contributed by atoms with Gasteiger partial charge in [0.25, 0.3) is 0 Å². The van der Waals surface area contributed by atoms with E-state index in [0.29, 0.717) is 0 Å². The fourth-order valence-corrected chi connectivity index (χ4v) is 10.5. The molecular formula is C63H46N2. The molecule has 0 saturated heterocycles. The van der Waals surface area contributed by atoms with E-state index in [2.05, 4.69) is 266 Å². The van der Waals surface area contributed by atoms with E-state index in [4.69, 9.17) is 0 Å². The van der Waals surface area contributed by atoms with Crippen molar-refractivity contribution in [3.63, 3.8) is 0 Å². The monoisotopic (exact) mass is 830 g/mol. The van der Waals surface area contributed by atoms with Gasteiger partial charge < -0.3 is 9.47 Å². The molecule has 0 atom stereocenters. The van der Waals surface area contributed by atoms with Gasteiger partial charge in [0.1, 0.15) is 0 Å². The van der Waals surface area contributed by atoms with E-state index in [1.807, 2.05) is 0 Å². The Morgan fingerprint density at radius 1 is 0.338 bits per heavy atom. The number of rotatable bonds is 8. The summed E-state index contributed by atoms with van der Waals surface area (Å²) in [5.41, 5.74) is 21.4. The van der Waals surface area contributed by atoms with Crippen LogP contribution in [0.5, 0.6) is 0 Å². The van der Waals surface area contributed by atoms with Crippen LogP contribution < -0.4 is 4.90 Å². The molecule has 10 aromatic carbocycles. The van der Waals surface area contributed by atoms with Crippen molar-refractivity contribution in [1.82, 2.24) is 4.57 Å². The predicted octanol–water partition coefficient (Wildman–Crippen LogP) is 17.2. The van der Waals surface area contributed by atoms with Crippen molar-refractivity contribution >= 4 is 38.9 Å². The van der Waals surface area contributed by atoms with Crippen LogP contribution in [0.2, 0.25) is 0 Å². The molecule has 0 saturated carbocycles. The van der Waals surface area contributed by atoms with Crippen molar-refractivity contribution in [2.45, 2.75) is 19.3 Å². The SMILES string of the molecule is CC1(C)c2ccccc2-c2ccc(N(c3ccc4c(c3)c3ccccc3n4-c3ccccc3)c3cccc(-c4cccc(-c5ccccc5)c4)c3-c3ccccc3-c3ccccc3)cc21. The topological polar surface area (TPSA) is 8.17 Å². The van der Waals surface area contributed by atoms with Gasteiger partial charge in [-0.25, -0.2) is 0 Å². The van der Waals surface area contributed by atoms with Gasteiger partial charge in [-0.15, -0.1) is 0 Å². The third-order valence-corrected chi connectivity index (χ3v) is 13.6. The highest BCUT2D eigenvalue weighted by Crippen LogP contribution is 2.53. The zero-order valence-corrected chi connectivity index (χ0v) is 36.5. The van der Waals surface area contributed by atoms with Gasteiger partial charge in [-0.05, 0) is 122 Å². The van der Waals surface area contributed by atoms with Crippen molar-refractivity contribution < 1.29 is 0 Å². The number of fused-ring (bicyclic) bond motifs is 6. The smallest absolute Gasteiger partial charge is 0.0546 e. The van der Waals surface area contributed by atoms with Crippen molar-refractivity contribution in [2.75, 3.05) is 4.90 Å². The van der Waals surface area contributed by atoms with Crippen LogP contribution in [0.4, 0.5) is 17.1 Å². The van der Waals surface area contributed by atoms with Crippen LogP contribution in [0.15, 0.2) is 243 Å². The first-order chi connectivity index (χ1) is 32.0. The molecule has 65 heavy (non-hydrogen) atoms. The van der Waals surface area contributed by atoms with Crippen LogP contribution in [-0.4, -0.2) is 4.57 Å². The van der Waals surface area contributed by atoms with E-state index in [0.717, 1.165) is 28.3 Å². The Morgan fingerprint density at radius 3 is 1.69 bits per heavy atom. The van der Waals surface area contributed by atoms with Gasteiger partial charge in [-0.2, -0.15) is 0 Å². The third-order valence-electron chi connectivity index (χ3n) is 13.6. The highest BCUT2D eigenvalue weighted by atomic mass is 15.1. The van der Waals surface area contributed by atoms with E-state index >= 15 is 0 Å². The minimum Gasteiger partial charge on any atom is -0.310 e. The first-order valence-corrected chi connectivity index (χ1v) is 22.6. The highest BCUT2D eigenvalue weighted by molar-refractivity contribution is 6.11. The van der Waals surface area contributed by atoms with Crippen LogP contribution in [0.25, 0.3) is 83.1 Å². The average Bonchev–Trinajstić information content (AvgIpc) is 3.82. The Balaban J connectivity index is 1.16. The van der Waals surface area contributed by atoms with Gasteiger partial charge >= 0.3 is 0 Å². The minimum atomic E-state index is -0.177. The quantitative estimate of drug-likeness (QED) is 0.148. The van der Waals surface area contributed by atoms with E-state index in [1.165, 1.54) is 83.0 Å². The first-order valence-electron chi connectivity index (χ1n) is 22.6. The number of hydrogen-bond donors (Lipinski definition) is 0. The Morgan fingerprint density at radius 2 is 0.892 bits per heavy atom. The molecule has 0 fully saturated rings. The molecule has 1 aromatic heterocycles. The highest BCUT2D eigenvalue weighted by Gasteiger charge is 2.36. The summed E-state index contributed by atoms with van der Waals surface area (Å²) in [5.74, 6) is 0. The minimum absolute atomic E-state index is 0.177. The maximum absolute atomic E-state index is 2.52. The summed E-state index contributed by atoms with van der Waals surface area (Å²) in [4.78, 5) is 2.52. The summed E-state index contributed by atoms with van der Waals surface area (Å²) in [5, 5.41) is 2.43. The molecule has 12 rings (SSSR count). The van der Waals surface area contributed by atoms with E-state index in [1.54, 1.807) is 0 Å². The van der Waals surface area contributed by atoms with Crippen molar-refractivity contribution in [3.05, 3.63) is 254 Å². The lowest BCUT2D eigenvalue weighted by Gasteiger charge is -2.31. The Kier molecular flexibility index (Phi) is 9.21. The second kappa shape index (κ2) is 15.6. The Hall–Kier alpha value is -8.20. The molecule has 0 unspecified atom stereocenters. The third kappa shape index (κ3) is 6.40. The maximum atomic E-state index is 2.52. The number of anilines is 3. The van der Waals surface area contributed by atoms with Crippen molar-refractivity contribution in [2.24, 2.45) is 0 Å². The van der Waals surface area contributed by atoms with Gasteiger partial charge in [0, 0.05) is 38.8 Å². The molecule has 0 aliphatic heterocycles. The summed E-state index contributed by atoms with van der Waals surface area (Å²) in [6.45, 7) is 4.75. The predicted molar refractivity (Wildman–Crippen MR) is 275 cm³/mol. The summed E-state index contributed by atoms with van der Waals surface area (Å²) in [7, 11) is 0. The maximum Gasteiger partial charge on any atom is 0.0546 e. The lowest BCUT2D eigenvalue weighted by atomic mass is 9.82. The molecule has 11 aromatic rings. The van der Waals surface area contributed by atoms with Crippen molar-refractivity contribution in [1.29, 1.82) is 0 Å². The molecule has 0 amide bonds. The summed E-state index contributed by atoms with van der Waals surface area (Å²) < 4.78 is 2.40. The summed E-state index contributed by atoms with van der Waals surface area (Å²) in [6, 6.07) is 89.1. The largest absolute Gasteiger partial charge is 0.310 e. The molecule has 0 spiro atoms. The van der Waals surface area contributed by atoms with E-state index in [-0.39, 0.29) is 5.41 Å². The second-order valence-electron chi connectivity index (χ2n) is 17.7. The standard InChI is InChI=1S/C63H46N2/c1-63(2)57-33-16-14-29-52(57)53-38-36-49(42-58(53)63)64(48-37-39-60-56(41-48)54-30-15-17-34-59(54)65(60)47-26-10-5-11-27-47)61-35-19-32-51(46-25-18-24-45(40-46)43-20-6-3-7-21-43)62(61)55-31-13-12-28-50(55)44-22-8-4-9-23-44/h3-42H,1-2H3. The molecule has 1 aliphatic rings. The molecule has 2 heteroatoms. The van der Waals surface area contributed by atoms with Crippen LogP contribution in [-0.2, 0) is 5.41 Å². The lowest BCUT2D eigenvalue weighted by molar-refractivity contribution is 0.660. The zero-order chi connectivity index (χ0) is 43.5. The second-order valence-corrected chi connectivity index (χ2v) is 17.7. The van der Waals surface area contributed by atoms with Gasteiger partial charge in [0.05, 0.1) is 16.7 Å². The fourth-order valence-electron chi connectivity index (χ4n) is 10.5. The molecular weight excluding hydrogens is 785 g/mol. The van der Waals surface area contributed by atoms with Crippen LogP contribution in [0.3, 0.4) is 0 Å². The van der Waals surface area contributed by atoms with Crippen LogP contribution in [0.1, 0.15) is 25.0 Å².